The van der Waals surface area contributed by atoms with Crippen LogP contribution in [0.2, 0.25) is 0 Å². The minimum atomic E-state index is -0.294. The lowest BCUT2D eigenvalue weighted by molar-refractivity contribution is -0.0852. The second-order valence-corrected chi connectivity index (χ2v) is 5.68. The summed E-state index contributed by atoms with van der Waals surface area (Å²) >= 11 is 0. The Labute approximate surface area is 152 Å². The number of anilines is 1. The van der Waals surface area contributed by atoms with Crippen LogP contribution < -0.4 is 20.1 Å². The smallest absolute Gasteiger partial charge is 0.319 e. The highest BCUT2D eigenvalue weighted by Gasteiger charge is 2.15. The van der Waals surface area contributed by atoms with Crippen LogP contribution in [-0.4, -0.2) is 45.6 Å². The van der Waals surface area contributed by atoms with Gasteiger partial charge in [0.1, 0.15) is 5.75 Å². The van der Waals surface area contributed by atoms with E-state index in [0.717, 1.165) is 0 Å². The van der Waals surface area contributed by atoms with E-state index in [1.54, 1.807) is 31.4 Å². The SMILES string of the molecule is COc1ccccc1Oc1ccc(NC(=O)NCC2COCCO2)cc1. The predicted molar refractivity (Wildman–Crippen MR) is 97.1 cm³/mol. The molecule has 3 rings (SSSR count). The van der Waals surface area contributed by atoms with E-state index in [1.807, 2.05) is 24.3 Å². The third-order valence-electron chi connectivity index (χ3n) is 3.78. The summed E-state index contributed by atoms with van der Waals surface area (Å²) in [6.45, 7) is 2.06. The number of hydrogen-bond acceptors (Lipinski definition) is 5. The summed E-state index contributed by atoms with van der Waals surface area (Å²) in [5.41, 5.74) is 0.663. The van der Waals surface area contributed by atoms with Gasteiger partial charge < -0.3 is 29.6 Å². The van der Waals surface area contributed by atoms with Gasteiger partial charge in [-0.3, -0.25) is 0 Å². The fourth-order valence-electron chi connectivity index (χ4n) is 2.47. The average Bonchev–Trinajstić information content (AvgIpc) is 2.69. The molecule has 1 atom stereocenters. The number of hydrogen-bond donors (Lipinski definition) is 2. The minimum Gasteiger partial charge on any atom is -0.493 e. The van der Waals surface area contributed by atoms with E-state index in [0.29, 0.717) is 49.3 Å². The number of ether oxygens (including phenoxy) is 4. The van der Waals surface area contributed by atoms with E-state index >= 15 is 0 Å². The van der Waals surface area contributed by atoms with Crippen LogP contribution in [0.15, 0.2) is 48.5 Å². The van der Waals surface area contributed by atoms with Gasteiger partial charge in [0.15, 0.2) is 11.5 Å². The van der Waals surface area contributed by atoms with Crippen LogP contribution in [0.3, 0.4) is 0 Å². The van der Waals surface area contributed by atoms with E-state index in [4.69, 9.17) is 18.9 Å². The summed E-state index contributed by atoms with van der Waals surface area (Å²) in [6.07, 6.45) is -0.105. The molecule has 0 spiro atoms. The lowest BCUT2D eigenvalue weighted by atomic mass is 10.3. The maximum absolute atomic E-state index is 11.9. The molecular weight excluding hydrogens is 336 g/mol. The Morgan fingerprint density at radius 3 is 2.58 bits per heavy atom. The largest absolute Gasteiger partial charge is 0.493 e. The van der Waals surface area contributed by atoms with Gasteiger partial charge in [0, 0.05) is 12.2 Å². The zero-order valence-corrected chi connectivity index (χ0v) is 14.6. The van der Waals surface area contributed by atoms with E-state index in [2.05, 4.69) is 10.6 Å². The molecule has 0 radical (unpaired) electrons. The summed E-state index contributed by atoms with van der Waals surface area (Å²) < 4.78 is 21.8. The number of methoxy groups -OCH3 is 1. The number of rotatable bonds is 6. The lowest BCUT2D eigenvalue weighted by Crippen LogP contribution is -2.41. The molecule has 7 nitrogen and oxygen atoms in total. The molecule has 1 heterocycles. The Morgan fingerprint density at radius 2 is 1.88 bits per heavy atom. The summed E-state index contributed by atoms with van der Waals surface area (Å²) in [7, 11) is 1.60. The topological polar surface area (TPSA) is 78.1 Å². The van der Waals surface area contributed by atoms with E-state index < -0.39 is 0 Å². The summed E-state index contributed by atoms with van der Waals surface area (Å²) in [5, 5.41) is 5.54. The molecule has 1 aliphatic rings. The van der Waals surface area contributed by atoms with Gasteiger partial charge in [-0.25, -0.2) is 4.79 Å². The number of para-hydroxylation sites is 2. The van der Waals surface area contributed by atoms with Crippen molar-refractivity contribution in [1.82, 2.24) is 5.32 Å². The standard InChI is InChI=1S/C19H22N2O5/c1-23-17-4-2-3-5-18(17)26-15-8-6-14(7-9-15)21-19(22)20-12-16-13-24-10-11-25-16/h2-9,16H,10-13H2,1H3,(H2,20,21,22). The maximum Gasteiger partial charge on any atom is 0.319 e. The number of benzene rings is 2. The molecule has 0 aliphatic carbocycles. The average molecular weight is 358 g/mol. The number of amides is 2. The zero-order valence-electron chi connectivity index (χ0n) is 14.6. The first-order valence-corrected chi connectivity index (χ1v) is 8.40. The molecule has 138 valence electrons. The summed E-state index contributed by atoms with van der Waals surface area (Å²) in [5.74, 6) is 1.93. The molecule has 26 heavy (non-hydrogen) atoms. The third kappa shape index (κ3) is 5.11. The first-order chi connectivity index (χ1) is 12.7. The van der Waals surface area contributed by atoms with Crippen molar-refractivity contribution in [1.29, 1.82) is 0 Å². The molecule has 0 bridgehead atoms. The van der Waals surface area contributed by atoms with Crippen molar-refractivity contribution in [3.05, 3.63) is 48.5 Å². The van der Waals surface area contributed by atoms with Gasteiger partial charge in [-0.1, -0.05) is 12.1 Å². The Kier molecular flexibility index (Phi) is 6.29. The van der Waals surface area contributed by atoms with E-state index in [9.17, 15) is 4.79 Å². The van der Waals surface area contributed by atoms with Gasteiger partial charge in [0.2, 0.25) is 0 Å². The maximum atomic E-state index is 11.9. The first kappa shape index (κ1) is 18.0. The fraction of sp³-hybridized carbons (Fsp3) is 0.316. The normalized spacial score (nSPS) is 16.6. The first-order valence-electron chi connectivity index (χ1n) is 8.40. The molecule has 0 saturated carbocycles. The Bertz CT molecular complexity index is 714. The third-order valence-corrected chi connectivity index (χ3v) is 3.78. The van der Waals surface area contributed by atoms with Crippen LogP contribution in [0.5, 0.6) is 17.2 Å². The van der Waals surface area contributed by atoms with Gasteiger partial charge in [-0.05, 0) is 36.4 Å². The fourth-order valence-corrected chi connectivity index (χ4v) is 2.47. The van der Waals surface area contributed by atoms with Gasteiger partial charge in [0.25, 0.3) is 0 Å². The zero-order chi connectivity index (χ0) is 18.2. The predicted octanol–water partition coefficient (Wildman–Crippen LogP) is 3.02. The summed E-state index contributed by atoms with van der Waals surface area (Å²) in [4.78, 5) is 11.9. The number of carbonyl (C=O) groups is 1. The van der Waals surface area contributed by atoms with Crippen LogP contribution in [0.25, 0.3) is 0 Å². The second-order valence-electron chi connectivity index (χ2n) is 5.68. The van der Waals surface area contributed by atoms with Crippen molar-refractivity contribution in [2.75, 3.05) is 38.8 Å². The van der Waals surface area contributed by atoms with Crippen LogP contribution >= 0.6 is 0 Å². The molecule has 0 aromatic heterocycles. The van der Waals surface area contributed by atoms with Crippen molar-refractivity contribution in [2.24, 2.45) is 0 Å². The Morgan fingerprint density at radius 1 is 1.12 bits per heavy atom. The summed E-state index contributed by atoms with van der Waals surface area (Å²) in [6, 6.07) is 14.2. The van der Waals surface area contributed by atoms with E-state index in [1.165, 1.54) is 0 Å². The monoisotopic (exact) mass is 358 g/mol. The highest BCUT2D eigenvalue weighted by Crippen LogP contribution is 2.31. The molecular formula is C19H22N2O5. The molecule has 1 aliphatic heterocycles. The molecule has 2 N–H and O–H groups in total. The van der Waals surface area contributed by atoms with Crippen molar-refractivity contribution in [3.8, 4) is 17.2 Å². The van der Waals surface area contributed by atoms with Crippen molar-refractivity contribution in [2.45, 2.75) is 6.10 Å². The van der Waals surface area contributed by atoms with Gasteiger partial charge in [-0.15, -0.1) is 0 Å². The molecule has 2 aromatic carbocycles. The molecule has 1 unspecified atom stereocenters. The minimum absolute atomic E-state index is 0.105. The van der Waals surface area contributed by atoms with Crippen molar-refractivity contribution in [3.63, 3.8) is 0 Å². The lowest BCUT2D eigenvalue weighted by Gasteiger charge is -2.23. The van der Waals surface area contributed by atoms with Crippen LogP contribution in [-0.2, 0) is 9.47 Å². The molecule has 1 fully saturated rings. The van der Waals surface area contributed by atoms with Crippen molar-refractivity contribution < 1.29 is 23.7 Å². The Balaban J connectivity index is 1.50. The van der Waals surface area contributed by atoms with Crippen molar-refractivity contribution >= 4 is 11.7 Å². The number of carbonyl (C=O) groups excluding carboxylic acids is 1. The molecule has 1 saturated heterocycles. The Hall–Kier alpha value is -2.77. The highest BCUT2D eigenvalue weighted by atomic mass is 16.6. The van der Waals surface area contributed by atoms with E-state index in [-0.39, 0.29) is 12.1 Å². The second kappa shape index (κ2) is 9.07. The van der Waals surface area contributed by atoms with Gasteiger partial charge >= 0.3 is 6.03 Å². The van der Waals surface area contributed by atoms with Crippen LogP contribution in [0, 0.1) is 0 Å². The molecule has 2 amide bonds. The quantitative estimate of drug-likeness (QED) is 0.830. The van der Waals surface area contributed by atoms with Gasteiger partial charge in [-0.2, -0.15) is 0 Å². The highest BCUT2D eigenvalue weighted by molar-refractivity contribution is 5.89. The molecule has 7 heteroatoms. The number of urea groups is 1. The van der Waals surface area contributed by atoms with Crippen LogP contribution in [0.4, 0.5) is 10.5 Å². The molecule has 2 aromatic rings. The van der Waals surface area contributed by atoms with Gasteiger partial charge in [0.05, 0.1) is 33.0 Å². The van der Waals surface area contributed by atoms with Crippen LogP contribution in [0.1, 0.15) is 0 Å². The number of nitrogens with one attached hydrogen (secondary N) is 2.